The summed E-state index contributed by atoms with van der Waals surface area (Å²) < 4.78 is 32.9. The van der Waals surface area contributed by atoms with E-state index in [-0.39, 0.29) is 11.5 Å². The van der Waals surface area contributed by atoms with Gasteiger partial charge in [-0.2, -0.15) is 0 Å². The Labute approximate surface area is 171 Å². The van der Waals surface area contributed by atoms with Gasteiger partial charge < -0.3 is 10.1 Å². The van der Waals surface area contributed by atoms with E-state index < -0.39 is 21.9 Å². The molecule has 0 spiro atoms. The number of hydrogen-bond donors (Lipinski definition) is 2. The number of hydrogen-bond acceptors (Lipinski definition) is 5. The molecule has 0 saturated heterocycles. The average Bonchev–Trinajstić information content (AvgIpc) is 2.62. The first-order valence-corrected chi connectivity index (χ1v) is 10.4. The Balaban J connectivity index is 2.02. The minimum Gasteiger partial charge on any atom is -0.463 e. The first-order chi connectivity index (χ1) is 12.8. The number of nitrogens with one attached hydrogen (secondary N) is 2. The zero-order chi connectivity index (χ0) is 19.9. The van der Waals surface area contributed by atoms with E-state index >= 15 is 0 Å². The summed E-state index contributed by atoms with van der Waals surface area (Å²) in [6.45, 7) is 1.88. The van der Waals surface area contributed by atoms with E-state index in [0.29, 0.717) is 11.4 Å². The number of carbonyl (C=O) groups is 2. The monoisotopic (exact) mass is 500 g/mol. The van der Waals surface area contributed by atoms with Crippen LogP contribution in [0.2, 0.25) is 0 Å². The van der Waals surface area contributed by atoms with Gasteiger partial charge in [-0.05, 0) is 78.0 Å². The molecule has 0 aliphatic rings. The fraction of sp³-hybridized carbons (Fsp3) is 0.111. The van der Waals surface area contributed by atoms with Crippen molar-refractivity contribution in [3.05, 3.63) is 64.3 Å². The number of anilines is 2. The number of ether oxygens (including phenoxy) is 1. The van der Waals surface area contributed by atoms with E-state index in [0.717, 1.165) is 15.7 Å². The zero-order valence-corrected chi connectivity index (χ0v) is 17.3. The summed E-state index contributed by atoms with van der Waals surface area (Å²) in [6, 6.07) is 12.6. The lowest BCUT2D eigenvalue weighted by molar-refractivity contribution is -0.137. The Morgan fingerprint density at radius 3 is 2.19 bits per heavy atom. The lowest BCUT2D eigenvalue weighted by atomic mass is 10.3. The van der Waals surface area contributed by atoms with Crippen LogP contribution in [0.25, 0.3) is 0 Å². The van der Waals surface area contributed by atoms with Gasteiger partial charge in [0.05, 0.1) is 11.5 Å². The number of rotatable bonds is 7. The maximum absolute atomic E-state index is 12.4. The van der Waals surface area contributed by atoms with Crippen molar-refractivity contribution in [2.24, 2.45) is 0 Å². The second-order valence-corrected chi connectivity index (χ2v) is 8.14. The van der Waals surface area contributed by atoms with Gasteiger partial charge in [-0.15, -0.1) is 0 Å². The van der Waals surface area contributed by atoms with Gasteiger partial charge in [-0.1, -0.05) is 0 Å². The van der Waals surface area contributed by atoms with Crippen LogP contribution in [0.5, 0.6) is 0 Å². The standard InChI is InChI=1S/C18H17IN2O5S/c1-2-26-18(23)12-11-17(22)20-14-7-9-16(10-8-14)27(24,25)21-15-5-3-13(19)4-6-15/h3-12,21H,2H2,1H3,(H,20,22). The molecular formula is C18H17IN2O5S. The van der Waals surface area contributed by atoms with Crippen LogP contribution in [-0.4, -0.2) is 26.9 Å². The van der Waals surface area contributed by atoms with Crippen molar-refractivity contribution in [3.8, 4) is 0 Å². The second kappa shape index (κ2) is 9.51. The maximum atomic E-state index is 12.4. The third-order valence-corrected chi connectivity index (χ3v) is 5.30. The molecule has 0 radical (unpaired) electrons. The minimum atomic E-state index is -3.74. The van der Waals surface area contributed by atoms with Crippen molar-refractivity contribution >= 4 is 55.9 Å². The molecule has 0 unspecified atom stereocenters. The van der Waals surface area contributed by atoms with E-state index in [9.17, 15) is 18.0 Å². The van der Waals surface area contributed by atoms with Gasteiger partial charge in [0, 0.05) is 27.1 Å². The van der Waals surface area contributed by atoms with Gasteiger partial charge in [-0.3, -0.25) is 9.52 Å². The van der Waals surface area contributed by atoms with E-state index in [1.54, 1.807) is 31.2 Å². The molecule has 0 aliphatic carbocycles. The fourth-order valence-corrected chi connectivity index (χ4v) is 3.39. The van der Waals surface area contributed by atoms with Crippen molar-refractivity contribution in [3.63, 3.8) is 0 Å². The molecule has 27 heavy (non-hydrogen) atoms. The summed E-state index contributed by atoms with van der Waals surface area (Å²) >= 11 is 2.13. The summed E-state index contributed by atoms with van der Waals surface area (Å²) in [5.74, 6) is -1.15. The van der Waals surface area contributed by atoms with Gasteiger partial charge in [0.1, 0.15) is 0 Å². The summed E-state index contributed by atoms with van der Waals surface area (Å²) in [6.07, 6.45) is 2.06. The van der Waals surface area contributed by atoms with Crippen molar-refractivity contribution < 1.29 is 22.7 Å². The van der Waals surface area contributed by atoms with Gasteiger partial charge >= 0.3 is 5.97 Å². The molecule has 142 valence electrons. The Morgan fingerprint density at radius 2 is 1.59 bits per heavy atom. The largest absolute Gasteiger partial charge is 0.463 e. The second-order valence-electron chi connectivity index (χ2n) is 5.21. The lowest BCUT2D eigenvalue weighted by Crippen LogP contribution is -2.13. The van der Waals surface area contributed by atoms with E-state index in [1.807, 2.05) is 0 Å². The zero-order valence-electron chi connectivity index (χ0n) is 14.3. The van der Waals surface area contributed by atoms with Crippen molar-refractivity contribution in [2.45, 2.75) is 11.8 Å². The van der Waals surface area contributed by atoms with Crippen molar-refractivity contribution in [2.75, 3.05) is 16.6 Å². The molecule has 0 saturated carbocycles. The van der Waals surface area contributed by atoms with Gasteiger partial charge in [0.15, 0.2) is 0 Å². The first kappa shape index (κ1) is 20.9. The SMILES string of the molecule is CCOC(=O)C=CC(=O)Nc1ccc(S(=O)(=O)Nc2ccc(I)cc2)cc1. The van der Waals surface area contributed by atoms with Crippen molar-refractivity contribution in [1.29, 1.82) is 0 Å². The summed E-state index contributed by atoms with van der Waals surface area (Å²) in [5, 5.41) is 2.52. The maximum Gasteiger partial charge on any atom is 0.330 e. The molecule has 2 aromatic rings. The van der Waals surface area contributed by atoms with Crippen LogP contribution < -0.4 is 10.0 Å². The topological polar surface area (TPSA) is 102 Å². The number of esters is 1. The quantitative estimate of drug-likeness (QED) is 0.346. The van der Waals surface area contributed by atoms with E-state index in [2.05, 4.69) is 37.4 Å². The molecule has 0 heterocycles. The van der Waals surface area contributed by atoms with Gasteiger partial charge in [-0.25, -0.2) is 13.2 Å². The third-order valence-electron chi connectivity index (χ3n) is 3.19. The normalized spacial score (nSPS) is 11.2. The lowest BCUT2D eigenvalue weighted by Gasteiger charge is -2.09. The van der Waals surface area contributed by atoms with Crippen LogP contribution in [0, 0.1) is 3.57 Å². The Bertz CT molecular complexity index is 939. The number of benzene rings is 2. The van der Waals surface area contributed by atoms with Crippen LogP contribution in [0.15, 0.2) is 65.6 Å². The molecule has 0 fully saturated rings. The van der Waals surface area contributed by atoms with E-state index in [4.69, 9.17) is 0 Å². The number of carbonyl (C=O) groups excluding carboxylic acids is 2. The highest BCUT2D eigenvalue weighted by Crippen LogP contribution is 2.19. The minimum absolute atomic E-state index is 0.0566. The fourth-order valence-electron chi connectivity index (χ4n) is 1.97. The predicted molar refractivity (Wildman–Crippen MR) is 111 cm³/mol. The summed E-state index contributed by atoms with van der Waals surface area (Å²) in [7, 11) is -3.74. The molecule has 0 aliphatic heterocycles. The Hall–Kier alpha value is -2.40. The molecule has 2 N–H and O–H groups in total. The molecule has 2 rings (SSSR count). The van der Waals surface area contributed by atoms with Gasteiger partial charge in [0.2, 0.25) is 5.91 Å². The van der Waals surface area contributed by atoms with Crippen LogP contribution in [0.1, 0.15) is 6.92 Å². The van der Waals surface area contributed by atoms with Crippen LogP contribution in [0.3, 0.4) is 0 Å². The summed E-state index contributed by atoms with van der Waals surface area (Å²) in [4.78, 5) is 23.0. The van der Waals surface area contributed by atoms with Crippen LogP contribution >= 0.6 is 22.6 Å². The van der Waals surface area contributed by atoms with Crippen LogP contribution in [-0.2, 0) is 24.3 Å². The number of halogens is 1. The molecule has 9 heteroatoms. The highest BCUT2D eigenvalue weighted by Gasteiger charge is 2.14. The molecule has 0 bridgehead atoms. The first-order valence-electron chi connectivity index (χ1n) is 7.84. The average molecular weight is 500 g/mol. The molecule has 0 atom stereocenters. The predicted octanol–water partition coefficient (Wildman–Crippen LogP) is 3.15. The Morgan fingerprint density at radius 1 is 1.00 bits per heavy atom. The Kier molecular flexibility index (Phi) is 7.36. The smallest absolute Gasteiger partial charge is 0.330 e. The molecule has 2 aromatic carbocycles. The third kappa shape index (κ3) is 6.68. The molecular weight excluding hydrogens is 483 g/mol. The van der Waals surface area contributed by atoms with Crippen LogP contribution in [0.4, 0.5) is 11.4 Å². The van der Waals surface area contributed by atoms with E-state index in [1.165, 1.54) is 24.3 Å². The molecule has 7 nitrogen and oxygen atoms in total. The molecule has 1 amide bonds. The highest BCUT2D eigenvalue weighted by atomic mass is 127. The van der Waals surface area contributed by atoms with Crippen molar-refractivity contribution in [1.82, 2.24) is 0 Å². The molecule has 0 aromatic heterocycles. The van der Waals surface area contributed by atoms with Gasteiger partial charge in [0.25, 0.3) is 10.0 Å². The highest BCUT2D eigenvalue weighted by molar-refractivity contribution is 14.1. The number of sulfonamides is 1. The number of amides is 1. The summed E-state index contributed by atoms with van der Waals surface area (Å²) in [5.41, 5.74) is 0.846.